The Balaban J connectivity index is 2.00. The van der Waals surface area contributed by atoms with Crippen molar-refractivity contribution >= 4 is 5.78 Å². The molecule has 1 unspecified atom stereocenters. The zero-order chi connectivity index (χ0) is 11.8. The maximum absolute atomic E-state index is 11.9. The highest BCUT2D eigenvalue weighted by Crippen LogP contribution is 2.61. The van der Waals surface area contributed by atoms with Gasteiger partial charge in [-0.3, -0.25) is 9.69 Å². The van der Waals surface area contributed by atoms with Crippen molar-refractivity contribution in [1.29, 1.82) is 0 Å². The summed E-state index contributed by atoms with van der Waals surface area (Å²) in [6.07, 6.45) is 5.90. The number of hydrogen-bond acceptors (Lipinski definition) is 2. The fourth-order valence-corrected chi connectivity index (χ4v) is 3.61. The summed E-state index contributed by atoms with van der Waals surface area (Å²) >= 11 is 0. The third kappa shape index (κ3) is 1.92. The van der Waals surface area contributed by atoms with Crippen molar-refractivity contribution in [2.45, 2.75) is 58.9 Å². The maximum atomic E-state index is 11.9. The molecule has 0 aromatic rings. The molecule has 1 saturated heterocycles. The second-order valence-corrected chi connectivity index (χ2v) is 5.65. The predicted molar refractivity (Wildman–Crippen MR) is 66.4 cm³/mol. The van der Waals surface area contributed by atoms with E-state index in [0.717, 1.165) is 18.9 Å². The van der Waals surface area contributed by atoms with E-state index >= 15 is 0 Å². The van der Waals surface area contributed by atoms with Gasteiger partial charge in [0, 0.05) is 13.0 Å². The van der Waals surface area contributed by atoms with Gasteiger partial charge in [0.05, 0.1) is 6.04 Å². The summed E-state index contributed by atoms with van der Waals surface area (Å²) < 4.78 is 0. The Hall–Kier alpha value is -0.370. The lowest BCUT2D eigenvalue weighted by Crippen LogP contribution is -2.35. The van der Waals surface area contributed by atoms with Gasteiger partial charge in [0.2, 0.25) is 0 Å². The molecule has 0 amide bonds. The summed E-state index contributed by atoms with van der Waals surface area (Å²) in [4.78, 5) is 14.3. The largest absolute Gasteiger partial charge is 0.298 e. The molecule has 2 heteroatoms. The van der Waals surface area contributed by atoms with Crippen molar-refractivity contribution in [3.8, 4) is 0 Å². The fraction of sp³-hybridized carbons (Fsp3) is 0.929. The molecule has 2 nitrogen and oxygen atoms in total. The molecule has 0 aromatic heterocycles. The van der Waals surface area contributed by atoms with Crippen LogP contribution in [0.4, 0.5) is 0 Å². The molecule has 0 bridgehead atoms. The predicted octanol–water partition coefficient (Wildman–Crippen LogP) is 2.87. The van der Waals surface area contributed by atoms with Crippen LogP contribution in [0.25, 0.3) is 0 Å². The summed E-state index contributed by atoms with van der Waals surface area (Å²) in [5.74, 6) is 1.38. The van der Waals surface area contributed by atoms with E-state index in [1.165, 1.54) is 25.8 Å². The normalized spacial score (nSPS) is 38.2. The van der Waals surface area contributed by atoms with Crippen LogP contribution in [-0.2, 0) is 4.79 Å². The van der Waals surface area contributed by atoms with E-state index in [9.17, 15) is 4.79 Å². The minimum absolute atomic E-state index is 0.247. The third-order valence-electron chi connectivity index (χ3n) is 4.68. The highest BCUT2D eigenvalue weighted by molar-refractivity contribution is 5.84. The van der Waals surface area contributed by atoms with Gasteiger partial charge in [0.25, 0.3) is 0 Å². The zero-order valence-electron chi connectivity index (χ0n) is 11.0. The molecule has 3 atom stereocenters. The van der Waals surface area contributed by atoms with Gasteiger partial charge in [-0.2, -0.15) is 0 Å². The smallest absolute Gasteiger partial charge is 0.149 e. The summed E-state index contributed by atoms with van der Waals surface area (Å²) in [7, 11) is 0. The van der Waals surface area contributed by atoms with E-state index in [1.54, 1.807) is 0 Å². The number of likely N-dealkylation sites (N-methyl/N-ethyl adjacent to an activating group) is 1. The maximum Gasteiger partial charge on any atom is 0.149 e. The Kier molecular flexibility index (Phi) is 3.39. The van der Waals surface area contributed by atoms with Crippen molar-refractivity contribution in [2.75, 3.05) is 13.1 Å². The highest BCUT2D eigenvalue weighted by Gasteiger charge is 2.59. The van der Waals surface area contributed by atoms with Gasteiger partial charge in [-0.25, -0.2) is 0 Å². The monoisotopic (exact) mass is 223 g/mol. The molecule has 2 fully saturated rings. The van der Waals surface area contributed by atoms with Gasteiger partial charge >= 0.3 is 0 Å². The first-order chi connectivity index (χ1) is 7.66. The van der Waals surface area contributed by atoms with E-state index in [-0.39, 0.29) is 6.04 Å². The lowest BCUT2D eigenvalue weighted by Gasteiger charge is -2.20. The Morgan fingerprint density at radius 1 is 1.31 bits per heavy atom. The van der Waals surface area contributed by atoms with Gasteiger partial charge < -0.3 is 0 Å². The molecular weight excluding hydrogens is 198 g/mol. The molecule has 1 aliphatic carbocycles. The molecule has 0 N–H and O–H groups in total. The van der Waals surface area contributed by atoms with Crippen molar-refractivity contribution in [3.63, 3.8) is 0 Å². The minimum atomic E-state index is 0.247. The Labute approximate surface area is 99.4 Å². The van der Waals surface area contributed by atoms with Gasteiger partial charge in [0.15, 0.2) is 0 Å². The molecule has 1 spiro atoms. The van der Waals surface area contributed by atoms with E-state index in [0.29, 0.717) is 17.6 Å². The summed E-state index contributed by atoms with van der Waals surface area (Å²) in [5, 5.41) is 0. The number of nitrogens with zero attached hydrogens (tertiary/aromatic N) is 1. The van der Waals surface area contributed by atoms with Gasteiger partial charge in [0.1, 0.15) is 5.78 Å². The van der Waals surface area contributed by atoms with E-state index in [4.69, 9.17) is 0 Å². The quantitative estimate of drug-likeness (QED) is 0.714. The molecule has 2 aliphatic rings. The number of Topliss-reactive ketones (excluding diaryl/α,β-unsaturated/α-hetero) is 1. The first-order valence-corrected chi connectivity index (χ1v) is 6.93. The third-order valence-corrected chi connectivity index (χ3v) is 4.68. The highest BCUT2D eigenvalue weighted by atomic mass is 16.1. The van der Waals surface area contributed by atoms with Crippen molar-refractivity contribution in [3.05, 3.63) is 0 Å². The lowest BCUT2D eigenvalue weighted by atomic mass is 9.96. The van der Waals surface area contributed by atoms with Crippen LogP contribution in [-0.4, -0.2) is 29.8 Å². The van der Waals surface area contributed by atoms with Gasteiger partial charge in [-0.1, -0.05) is 33.6 Å². The van der Waals surface area contributed by atoms with Crippen LogP contribution in [0.5, 0.6) is 0 Å². The minimum Gasteiger partial charge on any atom is -0.298 e. The van der Waals surface area contributed by atoms with Gasteiger partial charge in [-0.05, 0) is 30.7 Å². The summed E-state index contributed by atoms with van der Waals surface area (Å²) in [6.45, 7) is 8.68. The molecule has 92 valence electrons. The van der Waals surface area contributed by atoms with Crippen LogP contribution in [0.1, 0.15) is 52.9 Å². The van der Waals surface area contributed by atoms with Crippen LogP contribution >= 0.6 is 0 Å². The van der Waals surface area contributed by atoms with Crippen LogP contribution < -0.4 is 0 Å². The van der Waals surface area contributed by atoms with Crippen LogP contribution in [0, 0.1) is 11.3 Å². The average molecular weight is 223 g/mol. The topological polar surface area (TPSA) is 20.3 Å². The standard InChI is InChI=1S/C14H25NO/c1-4-7-11-8-14(11)9-12(13(16)5-2)15(6-3)10-14/h11-12H,4-10H2,1-3H3/t11?,12-,14-/m0/s1. The summed E-state index contributed by atoms with van der Waals surface area (Å²) in [5.41, 5.74) is 0.543. The first-order valence-electron chi connectivity index (χ1n) is 6.93. The van der Waals surface area contributed by atoms with E-state index < -0.39 is 0 Å². The number of ketones is 1. The molecule has 2 rings (SSSR count). The molecule has 16 heavy (non-hydrogen) atoms. The Morgan fingerprint density at radius 2 is 2.06 bits per heavy atom. The number of hydrogen-bond donors (Lipinski definition) is 0. The first kappa shape index (κ1) is 12.1. The van der Waals surface area contributed by atoms with Crippen molar-refractivity contribution in [2.24, 2.45) is 11.3 Å². The summed E-state index contributed by atoms with van der Waals surface area (Å²) in [6, 6.07) is 0.247. The van der Waals surface area contributed by atoms with Crippen molar-refractivity contribution in [1.82, 2.24) is 4.90 Å². The Morgan fingerprint density at radius 3 is 2.62 bits per heavy atom. The zero-order valence-corrected chi connectivity index (χ0v) is 11.0. The molecule has 1 aliphatic heterocycles. The number of carbonyl (C=O) groups is 1. The Bertz CT molecular complexity index is 276. The lowest BCUT2D eigenvalue weighted by molar-refractivity contribution is -0.123. The fourth-order valence-electron chi connectivity index (χ4n) is 3.61. The number of rotatable bonds is 5. The molecule has 1 saturated carbocycles. The molecule has 0 radical (unpaired) electrons. The average Bonchev–Trinajstić information content (AvgIpc) is 2.80. The van der Waals surface area contributed by atoms with Gasteiger partial charge in [-0.15, -0.1) is 0 Å². The second kappa shape index (κ2) is 4.48. The molecule has 0 aromatic carbocycles. The number of carbonyl (C=O) groups excluding carboxylic acids is 1. The second-order valence-electron chi connectivity index (χ2n) is 5.65. The van der Waals surface area contributed by atoms with E-state index in [2.05, 4.69) is 18.7 Å². The van der Waals surface area contributed by atoms with E-state index in [1.807, 2.05) is 6.92 Å². The number of likely N-dealkylation sites (tertiary alicyclic amines) is 1. The molecule has 1 heterocycles. The van der Waals surface area contributed by atoms with Crippen molar-refractivity contribution < 1.29 is 4.79 Å². The SMILES string of the molecule is CCCC1C[C@@]12C[C@@H](C(=O)CC)N(CC)C2. The van der Waals surface area contributed by atoms with Crippen LogP contribution in [0.2, 0.25) is 0 Å². The van der Waals surface area contributed by atoms with Crippen LogP contribution in [0.3, 0.4) is 0 Å². The van der Waals surface area contributed by atoms with Crippen LogP contribution in [0.15, 0.2) is 0 Å². The molecular formula is C14H25NO.